The largest absolute Gasteiger partial charge is 0.467 e. The van der Waals surface area contributed by atoms with E-state index >= 15 is 0 Å². The van der Waals surface area contributed by atoms with Crippen LogP contribution in [0.1, 0.15) is 16.8 Å². The Bertz CT molecular complexity index is 1010. The Morgan fingerprint density at radius 1 is 1.26 bits per heavy atom. The van der Waals surface area contributed by atoms with Gasteiger partial charge < -0.3 is 15.4 Å². The lowest BCUT2D eigenvalue weighted by atomic mass is 9.77. The lowest BCUT2D eigenvalue weighted by Crippen LogP contribution is -2.70. The number of rotatable bonds is 4. The predicted octanol–water partition coefficient (Wildman–Crippen LogP) is 1.47. The first-order valence-corrected chi connectivity index (χ1v) is 8.46. The summed E-state index contributed by atoms with van der Waals surface area (Å²) < 4.78 is 4.80. The number of ether oxygens (including phenoxy) is 1. The molecule has 0 spiro atoms. The summed E-state index contributed by atoms with van der Waals surface area (Å²) in [5.74, 6) is -3.55. The van der Waals surface area contributed by atoms with Crippen molar-refractivity contribution in [2.75, 3.05) is 7.11 Å². The van der Waals surface area contributed by atoms with Crippen molar-refractivity contribution in [2.45, 2.75) is 12.0 Å². The second-order valence-corrected chi connectivity index (χ2v) is 6.50. The van der Waals surface area contributed by atoms with Gasteiger partial charge in [0.25, 0.3) is 0 Å². The molecule has 27 heavy (non-hydrogen) atoms. The average molecular weight is 381 g/mol. The van der Waals surface area contributed by atoms with Crippen LogP contribution < -0.4 is 10.6 Å². The van der Waals surface area contributed by atoms with E-state index in [2.05, 4.69) is 10.6 Å². The van der Waals surface area contributed by atoms with Crippen molar-refractivity contribution in [3.63, 3.8) is 0 Å². The number of carbonyl (C=O) groups excluding carboxylic acids is 3. The molecule has 0 radical (unpaired) electrons. The van der Waals surface area contributed by atoms with Crippen LogP contribution in [0.5, 0.6) is 0 Å². The maximum absolute atomic E-state index is 13.1. The number of hydrogen-bond acceptors (Lipinski definition) is 6. The lowest BCUT2D eigenvalue weighted by molar-refractivity contribution is -0.152. The fourth-order valence-electron chi connectivity index (χ4n) is 3.27. The van der Waals surface area contributed by atoms with E-state index in [0.29, 0.717) is 10.9 Å². The van der Waals surface area contributed by atoms with Gasteiger partial charge >= 0.3 is 5.97 Å². The second kappa shape index (κ2) is 7.13. The van der Waals surface area contributed by atoms with E-state index in [4.69, 9.17) is 17.0 Å². The number of nitrogens with one attached hydrogen (secondary N) is 2. The Morgan fingerprint density at radius 2 is 1.96 bits per heavy atom. The molecule has 0 unspecified atom stereocenters. The first-order chi connectivity index (χ1) is 12.9. The van der Waals surface area contributed by atoms with Crippen LogP contribution in [-0.2, 0) is 14.3 Å². The van der Waals surface area contributed by atoms with Gasteiger partial charge in [-0.05, 0) is 23.0 Å². The van der Waals surface area contributed by atoms with Gasteiger partial charge in [0.1, 0.15) is 0 Å². The highest BCUT2D eigenvalue weighted by Gasteiger charge is 2.55. The molecule has 3 rings (SSSR count). The predicted molar refractivity (Wildman–Crippen MR) is 101 cm³/mol. The fraction of sp³-hybridized carbons (Fsp3) is 0.211. The van der Waals surface area contributed by atoms with E-state index in [1.54, 1.807) is 30.3 Å². The number of methoxy groups -OCH3 is 1. The van der Waals surface area contributed by atoms with Crippen LogP contribution in [0.2, 0.25) is 0 Å². The van der Waals surface area contributed by atoms with Crippen molar-refractivity contribution >= 4 is 45.8 Å². The van der Waals surface area contributed by atoms with Crippen LogP contribution >= 0.6 is 12.2 Å². The lowest BCUT2D eigenvalue weighted by Gasteiger charge is -2.38. The van der Waals surface area contributed by atoms with E-state index in [-0.39, 0.29) is 5.11 Å². The number of thiocarbonyl (C=S) groups is 1. The van der Waals surface area contributed by atoms with Crippen LogP contribution in [-0.4, -0.2) is 35.4 Å². The highest BCUT2D eigenvalue weighted by molar-refractivity contribution is 7.80. The average Bonchev–Trinajstić information content (AvgIpc) is 2.66. The fourth-order valence-corrected chi connectivity index (χ4v) is 3.55. The second-order valence-electron chi connectivity index (χ2n) is 6.10. The van der Waals surface area contributed by atoms with Crippen LogP contribution in [0.3, 0.4) is 0 Å². The van der Waals surface area contributed by atoms with E-state index in [1.807, 2.05) is 18.2 Å². The van der Waals surface area contributed by atoms with Gasteiger partial charge in [-0.1, -0.05) is 42.5 Å². The highest BCUT2D eigenvalue weighted by Crippen LogP contribution is 2.30. The molecule has 2 atom stereocenters. The smallest absolute Gasteiger partial charge is 0.334 e. The summed E-state index contributed by atoms with van der Waals surface area (Å²) >= 11 is 4.97. The number of ketones is 1. The van der Waals surface area contributed by atoms with Gasteiger partial charge in [0.05, 0.1) is 13.2 Å². The molecule has 0 saturated carbocycles. The minimum absolute atomic E-state index is 0.136. The van der Waals surface area contributed by atoms with E-state index in [1.165, 1.54) is 0 Å². The Labute approximate surface area is 160 Å². The maximum Gasteiger partial charge on any atom is 0.334 e. The van der Waals surface area contributed by atoms with Crippen LogP contribution in [0.25, 0.3) is 10.8 Å². The summed E-state index contributed by atoms with van der Waals surface area (Å²) in [6.07, 6.45) is -0.459. The first-order valence-electron chi connectivity index (χ1n) is 8.05. The maximum atomic E-state index is 13.1. The number of benzene rings is 2. The molecule has 1 aliphatic heterocycles. The number of nitriles is 1. The topological polar surface area (TPSA) is 108 Å². The molecular formula is C19H15N3O4S. The number of Topliss-reactive ketones (excluding diaryl/α,β-unsaturated/α-hetero) is 1. The molecule has 1 saturated heterocycles. The quantitative estimate of drug-likeness (QED) is 0.469. The number of carbonyl (C=O) groups is 3. The third-order valence-corrected chi connectivity index (χ3v) is 4.74. The van der Waals surface area contributed by atoms with Gasteiger partial charge in [-0.2, -0.15) is 5.26 Å². The normalized spacial score (nSPS) is 21.7. The van der Waals surface area contributed by atoms with Gasteiger partial charge in [-0.3, -0.25) is 9.59 Å². The number of hydrogen-bond donors (Lipinski definition) is 2. The van der Waals surface area contributed by atoms with Crippen LogP contribution in [0.4, 0.5) is 0 Å². The monoisotopic (exact) mass is 381 g/mol. The molecule has 8 heteroatoms. The Hall–Kier alpha value is -3.31. The van der Waals surface area contributed by atoms with Gasteiger partial charge in [0, 0.05) is 12.0 Å². The summed E-state index contributed by atoms with van der Waals surface area (Å²) in [5, 5.41) is 15.8. The molecule has 2 N–H and O–H groups in total. The van der Waals surface area contributed by atoms with E-state index in [0.717, 1.165) is 12.5 Å². The number of nitrogens with zero attached hydrogens (tertiary/aromatic N) is 1. The summed E-state index contributed by atoms with van der Waals surface area (Å²) in [7, 11) is 1.12. The molecule has 1 aliphatic rings. The molecule has 1 fully saturated rings. The summed E-state index contributed by atoms with van der Waals surface area (Å²) in [4.78, 5) is 37.9. The number of amides is 1. The zero-order valence-corrected chi connectivity index (χ0v) is 15.1. The third-order valence-electron chi connectivity index (χ3n) is 4.54. The van der Waals surface area contributed by atoms with Gasteiger partial charge in [0.15, 0.2) is 22.4 Å². The zero-order chi connectivity index (χ0) is 19.6. The standard InChI is InChI=1S/C19H15N3O4S/c1-26-17(25)19(14(10-20)16(24)21-18(27)22-19)9-15(23)13-8-4-6-11-5-2-3-7-12(11)13/h2-8,14H,9H2,1H3,(H2,21,22,24,27)/t14-,19+/m1/s1. The molecule has 0 aliphatic carbocycles. The molecule has 2 aromatic rings. The Balaban J connectivity index is 2.08. The highest BCUT2D eigenvalue weighted by atomic mass is 32.1. The van der Waals surface area contributed by atoms with Crippen molar-refractivity contribution in [3.8, 4) is 6.07 Å². The number of fused-ring (bicyclic) bond motifs is 1. The first kappa shape index (κ1) is 18.5. The summed E-state index contributed by atoms with van der Waals surface area (Å²) in [6.45, 7) is 0. The van der Waals surface area contributed by atoms with Crippen molar-refractivity contribution in [1.82, 2.24) is 10.6 Å². The molecule has 1 heterocycles. The minimum Gasteiger partial charge on any atom is -0.467 e. The Morgan fingerprint density at radius 3 is 2.67 bits per heavy atom. The Kier molecular flexibility index (Phi) is 4.88. The van der Waals surface area contributed by atoms with Crippen molar-refractivity contribution in [1.29, 1.82) is 5.26 Å². The molecular weight excluding hydrogens is 366 g/mol. The van der Waals surface area contributed by atoms with Gasteiger partial charge in [0.2, 0.25) is 5.91 Å². The summed E-state index contributed by atoms with van der Waals surface area (Å²) in [5.41, 5.74) is -1.51. The van der Waals surface area contributed by atoms with Gasteiger partial charge in [-0.25, -0.2) is 4.79 Å². The molecule has 0 aromatic heterocycles. The molecule has 1 amide bonds. The minimum atomic E-state index is -1.89. The summed E-state index contributed by atoms with van der Waals surface area (Å²) in [6, 6.07) is 14.3. The SMILES string of the molecule is COC(=O)[C@@]1(CC(=O)c2cccc3ccccc23)NC(=S)NC(=O)[C@H]1C#N. The van der Waals surface area contributed by atoms with Crippen LogP contribution in [0, 0.1) is 17.2 Å². The zero-order valence-electron chi connectivity index (χ0n) is 14.3. The molecule has 136 valence electrons. The molecule has 2 aromatic carbocycles. The number of esters is 1. The van der Waals surface area contributed by atoms with Crippen molar-refractivity contribution in [2.24, 2.45) is 5.92 Å². The third kappa shape index (κ3) is 3.13. The van der Waals surface area contributed by atoms with Crippen molar-refractivity contribution < 1.29 is 19.1 Å². The van der Waals surface area contributed by atoms with E-state index in [9.17, 15) is 19.6 Å². The molecule has 0 bridgehead atoms. The van der Waals surface area contributed by atoms with E-state index < -0.39 is 35.5 Å². The van der Waals surface area contributed by atoms with Crippen LogP contribution in [0.15, 0.2) is 42.5 Å². The van der Waals surface area contributed by atoms with Crippen molar-refractivity contribution in [3.05, 3.63) is 48.0 Å². The molecule has 7 nitrogen and oxygen atoms in total. The van der Waals surface area contributed by atoms with Gasteiger partial charge in [-0.15, -0.1) is 0 Å².